The van der Waals surface area contributed by atoms with Gasteiger partial charge in [-0.2, -0.15) is 21.6 Å². The summed E-state index contributed by atoms with van der Waals surface area (Å²) in [5.74, 6) is 1.18. The van der Waals surface area contributed by atoms with Crippen molar-refractivity contribution in [1.82, 2.24) is 15.0 Å². The third kappa shape index (κ3) is 2.57. The Morgan fingerprint density at radius 3 is 2.75 bits per heavy atom. The lowest BCUT2D eigenvalue weighted by Crippen LogP contribution is -2.48. The van der Waals surface area contributed by atoms with Gasteiger partial charge in [-0.1, -0.05) is 5.16 Å². The Bertz CT molecular complexity index is 903. The molecule has 0 aliphatic carbocycles. The molecular formula is C17H12N4O2S. The number of thiophene rings is 1. The minimum Gasteiger partial charge on any atom is -0.339 e. The highest BCUT2D eigenvalue weighted by Crippen LogP contribution is 2.29. The summed E-state index contributed by atoms with van der Waals surface area (Å²) in [4.78, 5) is 18.5. The van der Waals surface area contributed by atoms with Crippen LogP contribution in [-0.4, -0.2) is 34.0 Å². The van der Waals surface area contributed by atoms with Gasteiger partial charge in [0, 0.05) is 29.6 Å². The number of benzene rings is 1. The molecule has 1 aromatic carbocycles. The van der Waals surface area contributed by atoms with Crippen LogP contribution in [0, 0.1) is 11.3 Å². The van der Waals surface area contributed by atoms with Gasteiger partial charge in [-0.25, -0.2) is 0 Å². The second-order valence-corrected chi connectivity index (χ2v) is 6.34. The van der Waals surface area contributed by atoms with Crippen molar-refractivity contribution in [3.8, 4) is 17.5 Å². The molecular weight excluding hydrogens is 324 g/mol. The molecule has 3 aromatic rings. The third-order valence-electron chi connectivity index (χ3n) is 4.00. The number of nitrogens with zero attached hydrogens (tertiary/aromatic N) is 4. The Balaban J connectivity index is 1.41. The molecule has 1 saturated heterocycles. The maximum Gasteiger partial charge on any atom is 0.253 e. The maximum absolute atomic E-state index is 12.4. The number of hydrogen-bond donors (Lipinski definition) is 0. The van der Waals surface area contributed by atoms with E-state index in [0.717, 1.165) is 5.56 Å². The SMILES string of the molecule is N#Cc1ccc(C(=O)N2CC(c3nc(-c4ccsc4)no3)C2)cc1. The standard InChI is InChI=1S/C17H12N4O2S/c18-7-11-1-3-12(4-2-11)17(22)21-8-14(9-21)16-19-15(20-23-16)13-5-6-24-10-13/h1-6,10,14H,8-9H2. The van der Waals surface area contributed by atoms with Crippen LogP contribution in [0.25, 0.3) is 11.4 Å². The average Bonchev–Trinajstić information content (AvgIpc) is 3.25. The van der Waals surface area contributed by atoms with E-state index >= 15 is 0 Å². The second kappa shape index (κ2) is 5.91. The Hall–Kier alpha value is -2.98. The maximum atomic E-state index is 12.4. The zero-order valence-electron chi connectivity index (χ0n) is 12.5. The average molecular weight is 336 g/mol. The van der Waals surface area contributed by atoms with Crippen molar-refractivity contribution in [2.45, 2.75) is 5.92 Å². The van der Waals surface area contributed by atoms with Gasteiger partial charge in [0.15, 0.2) is 0 Å². The fourth-order valence-electron chi connectivity index (χ4n) is 2.58. The highest BCUT2D eigenvalue weighted by molar-refractivity contribution is 7.08. The molecule has 0 saturated carbocycles. The van der Waals surface area contributed by atoms with Crippen LogP contribution in [0.2, 0.25) is 0 Å². The molecule has 1 aliphatic heterocycles. The van der Waals surface area contributed by atoms with Gasteiger partial charge in [0.2, 0.25) is 11.7 Å². The minimum absolute atomic E-state index is 0.0479. The molecule has 118 valence electrons. The van der Waals surface area contributed by atoms with Gasteiger partial charge in [0.1, 0.15) is 0 Å². The second-order valence-electron chi connectivity index (χ2n) is 5.56. The zero-order valence-corrected chi connectivity index (χ0v) is 13.4. The van der Waals surface area contributed by atoms with Crippen molar-refractivity contribution in [1.29, 1.82) is 5.26 Å². The monoisotopic (exact) mass is 336 g/mol. The molecule has 0 radical (unpaired) electrons. The van der Waals surface area contributed by atoms with Crippen LogP contribution >= 0.6 is 11.3 Å². The Morgan fingerprint density at radius 2 is 2.08 bits per heavy atom. The summed E-state index contributed by atoms with van der Waals surface area (Å²) < 4.78 is 5.33. The van der Waals surface area contributed by atoms with Crippen molar-refractivity contribution >= 4 is 17.2 Å². The number of hydrogen-bond acceptors (Lipinski definition) is 6. The normalized spacial score (nSPS) is 14.2. The number of nitriles is 1. The van der Waals surface area contributed by atoms with Gasteiger partial charge >= 0.3 is 0 Å². The summed E-state index contributed by atoms with van der Waals surface area (Å²) in [6.45, 7) is 1.12. The van der Waals surface area contributed by atoms with Crippen molar-refractivity contribution in [2.24, 2.45) is 0 Å². The van der Waals surface area contributed by atoms with Crippen LogP contribution in [0.1, 0.15) is 27.7 Å². The first-order valence-corrected chi connectivity index (χ1v) is 8.34. The van der Waals surface area contributed by atoms with E-state index in [-0.39, 0.29) is 11.8 Å². The number of rotatable bonds is 3. The number of carbonyl (C=O) groups is 1. The molecule has 1 aliphatic rings. The first-order chi connectivity index (χ1) is 11.7. The fraction of sp³-hybridized carbons (Fsp3) is 0.176. The highest BCUT2D eigenvalue weighted by Gasteiger charge is 2.36. The van der Waals surface area contributed by atoms with E-state index in [0.29, 0.717) is 35.9 Å². The number of amides is 1. The highest BCUT2D eigenvalue weighted by atomic mass is 32.1. The lowest BCUT2D eigenvalue weighted by Gasteiger charge is -2.37. The van der Waals surface area contributed by atoms with E-state index in [9.17, 15) is 4.79 Å². The van der Waals surface area contributed by atoms with Crippen LogP contribution in [0.15, 0.2) is 45.6 Å². The predicted octanol–water partition coefficient (Wildman–Crippen LogP) is 2.91. The molecule has 4 rings (SSSR count). The van der Waals surface area contributed by atoms with E-state index in [2.05, 4.69) is 10.1 Å². The molecule has 0 spiro atoms. The summed E-state index contributed by atoms with van der Waals surface area (Å²) >= 11 is 1.58. The fourth-order valence-corrected chi connectivity index (χ4v) is 3.21. The summed E-state index contributed by atoms with van der Waals surface area (Å²) in [5.41, 5.74) is 2.07. The van der Waals surface area contributed by atoms with Crippen LogP contribution in [0.4, 0.5) is 0 Å². The Kier molecular flexibility index (Phi) is 3.59. The summed E-state index contributed by atoms with van der Waals surface area (Å²) in [6.07, 6.45) is 0. The van der Waals surface area contributed by atoms with Crippen molar-refractivity contribution < 1.29 is 9.32 Å². The molecule has 7 heteroatoms. The Morgan fingerprint density at radius 1 is 1.29 bits per heavy atom. The summed E-state index contributed by atoms with van der Waals surface area (Å²) in [5, 5.41) is 16.7. The van der Waals surface area contributed by atoms with Gasteiger partial charge in [-0.3, -0.25) is 4.79 Å². The smallest absolute Gasteiger partial charge is 0.253 e. The first-order valence-electron chi connectivity index (χ1n) is 7.40. The van der Waals surface area contributed by atoms with E-state index < -0.39 is 0 Å². The number of aromatic nitrogens is 2. The van der Waals surface area contributed by atoms with Crippen LogP contribution < -0.4 is 0 Å². The van der Waals surface area contributed by atoms with E-state index in [1.807, 2.05) is 22.9 Å². The predicted molar refractivity (Wildman–Crippen MR) is 87.4 cm³/mol. The van der Waals surface area contributed by atoms with E-state index in [1.54, 1.807) is 40.5 Å². The topological polar surface area (TPSA) is 83.0 Å². The van der Waals surface area contributed by atoms with Crippen LogP contribution in [0.5, 0.6) is 0 Å². The lowest BCUT2D eigenvalue weighted by atomic mass is 9.98. The lowest BCUT2D eigenvalue weighted by molar-refractivity contribution is 0.0569. The molecule has 2 aromatic heterocycles. The first kappa shape index (κ1) is 14.6. The van der Waals surface area contributed by atoms with Crippen LogP contribution in [0.3, 0.4) is 0 Å². The molecule has 0 unspecified atom stereocenters. The van der Waals surface area contributed by atoms with Gasteiger partial charge in [-0.15, -0.1) is 0 Å². The molecule has 1 amide bonds. The molecule has 1 fully saturated rings. The van der Waals surface area contributed by atoms with Crippen molar-refractivity contribution in [3.05, 3.63) is 58.1 Å². The largest absolute Gasteiger partial charge is 0.339 e. The van der Waals surface area contributed by atoms with Gasteiger partial charge < -0.3 is 9.42 Å². The number of carbonyl (C=O) groups excluding carboxylic acids is 1. The van der Waals surface area contributed by atoms with E-state index in [1.165, 1.54) is 0 Å². The molecule has 0 bridgehead atoms. The quantitative estimate of drug-likeness (QED) is 0.734. The Labute approximate surface area is 142 Å². The molecule has 24 heavy (non-hydrogen) atoms. The van der Waals surface area contributed by atoms with Crippen molar-refractivity contribution in [2.75, 3.05) is 13.1 Å². The summed E-state index contributed by atoms with van der Waals surface area (Å²) in [6, 6.07) is 10.6. The zero-order chi connectivity index (χ0) is 16.5. The van der Waals surface area contributed by atoms with Crippen molar-refractivity contribution in [3.63, 3.8) is 0 Å². The number of likely N-dealkylation sites (tertiary alicyclic amines) is 1. The minimum atomic E-state index is -0.0479. The van der Waals surface area contributed by atoms with Crippen LogP contribution in [-0.2, 0) is 0 Å². The summed E-state index contributed by atoms with van der Waals surface area (Å²) in [7, 11) is 0. The molecule has 0 atom stereocenters. The third-order valence-corrected chi connectivity index (χ3v) is 4.68. The van der Waals surface area contributed by atoms with Gasteiger partial charge in [0.05, 0.1) is 17.6 Å². The molecule has 0 N–H and O–H groups in total. The van der Waals surface area contributed by atoms with Gasteiger partial charge in [0.25, 0.3) is 5.91 Å². The van der Waals surface area contributed by atoms with E-state index in [4.69, 9.17) is 9.78 Å². The molecule has 3 heterocycles. The molecule has 6 nitrogen and oxygen atoms in total. The van der Waals surface area contributed by atoms with Gasteiger partial charge in [-0.05, 0) is 35.7 Å².